The van der Waals surface area contributed by atoms with Gasteiger partial charge in [0.1, 0.15) is 0 Å². The molecule has 1 atom stereocenters. The molecule has 0 saturated carbocycles. The van der Waals surface area contributed by atoms with Crippen LogP contribution in [-0.2, 0) is 6.54 Å². The van der Waals surface area contributed by atoms with Gasteiger partial charge in [-0.1, -0.05) is 12.1 Å². The molecule has 0 aliphatic carbocycles. The van der Waals surface area contributed by atoms with Crippen molar-refractivity contribution in [1.82, 2.24) is 19.8 Å². The second-order valence-electron chi connectivity index (χ2n) is 6.95. The van der Waals surface area contributed by atoms with Crippen LogP contribution in [0.15, 0.2) is 29.1 Å². The van der Waals surface area contributed by atoms with Crippen molar-refractivity contribution in [3.63, 3.8) is 0 Å². The Hall–Kier alpha value is -1.59. The molecule has 1 aromatic heterocycles. The summed E-state index contributed by atoms with van der Waals surface area (Å²) in [5, 5.41) is 6.85. The standard InChI is InChI=1S/C18H26N4O/c23-18-21(13-14-7-10-19-11-8-14)16-5-1-2-6-17(16)22(18)15-4-3-9-20-12-15/h1-2,5-6,14-15,19-20H,3-4,7-13H2. The lowest BCUT2D eigenvalue weighted by atomic mass is 9.98. The van der Waals surface area contributed by atoms with Crippen LogP contribution in [0.3, 0.4) is 0 Å². The number of nitrogens with one attached hydrogen (secondary N) is 2. The minimum Gasteiger partial charge on any atom is -0.317 e. The summed E-state index contributed by atoms with van der Waals surface area (Å²) in [4.78, 5) is 13.1. The van der Waals surface area contributed by atoms with Crippen LogP contribution in [0, 0.1) is 5.92 Å². The van der Waals surface area contributed by atoms with Gasteiger partial charge in [0.15, 0.2) is 0 Å². The molecule has 0 amide bonds. The minimum absolute atomic E-state index is 0.179. The zero-order valence-electron chi connectivity index (χ0n) is 13.6. The molecule has 2 fully saturated rings. The van der Waals surface area contributed by atoms with E-state index >= 15 is 0 Å². The molecule has 2 saturated heterocycles. The average molecular weight is 314 g/mol. The zero-order chi connectivity index (χ0) is 15.6. The third-order valence-corrected chi connectivity index (χ3v) is 5.40. The van der Waals surface area contributed by atoms with Crippen LogP contribution in [-0.4, -0.2) is 35.3 Å². The molecule has 124 valence electrons. The van der Waals surface area contributed by atoms with Crippen molar-refractivity contribution < 1.29 is 0 Å². The van der Waals surface area contributed by atoms with Gasteiger partial charge >= 0.3 is 5.69 Å². The van der Waals surface area contributed by atoms with Crippen molar-refractivity contribution >= 4 is 11.0 Å². The number of nitrogens with zero attached hydrogens (tertiary/aromatic N) is 2. The molecule has 5 nitrogen and oxygen atoms in total. The lowest BCUT2D eigenvalue weighted by Crippen LogP contribution is -2.38. The molecule has 2 aromatic rings. The maximum atomic E-state index is 13.1. The first-order chi connectivity index (χ1) is 11.3. The number of rotatable bonds is 3. The quantitative estimate of drug-likeness (QED) is 0.907. The molecule has 0 spiro atoms. The molecule has 23 heavy (non-hydrogen) atoms. The van der Waals surface area contributed by atoms with E-state index in [1.165, 1.54) is 0 Å². The highest BCUT2D eigenvalue weighted by Crippen LogP contribution is 2.23. The van der Waals surface area contributed by atoms with E-state index in [2.05, 4.69) is 22.8 Å². The van der Waals surface area contributed by atoms with Gasteiger partial charge in [-0.15, -0.1) is 0 Å². The smallest absolute Gasteiger partial charge is 0.317 e. The number of para-hydroxylation sites is 2. The molecular formula is C18H26N4O. The normalized spacial score (nSPS) is 23.4. The molecule has 1 aromatic carbocycles. The molecular weight excluding hydrogens is 288 g/mol. The van der Waals surface area contributed by atoms with Gasteiger partial charge in [-0.2, -0.15) is 0 Å². The molecule has 3 heterocycles. The molecule has 4 rings (SSSR count). The molecule has 0 bridgehead atoms. The molecule has 5 heteroatoms. The van der Waals surface area contributed by atoms with Crippen molar-refractivity contribution in [2.24, 2.45) is 5.92 Å². The van der Waals surface area contributed by atoms with Crippen LogP contribution in [0.5, 0.6) is 0 Å². The number of piperidine rings is 2. The molecule has 2 N–H and O–H groups in total. The maximum absolute atomic E-state index is 13.1. The second kappa shape index (κ2) is 6.49. The van der Waals surface area contributed by atoms with Gasteiger partial charge in [0, 0.05) is 13.1 Å². The summed E-state index contributed by atoms with van der Waals surface area (Å²) in [6.07, 6.45) is 4.56. The lowest BCUT2D eigenvalue weighted by molar-refractivity contribution is 0.325. The highest BCUT2D eigenvalue weighted by molar-refractivity contribution is 5.76. The summed E-state index contributed by atoms with van der Waals surface area (Å²) in [5.74, 6) is 0.609. The topological polar surface area (TPSA) is 51.0 Å². The summed E-state index contributed by atoms with van der Waals surface area (Å²) in [6, 6.07) is 8.58. The van der Waals surface area contributed by atoms with Crippen molar-refractivity contribution in [3.05, 3.63) is 34.7 Å². The fraction of sp³-hybridized carbons (Fsp3) is 0.611. The Bertz CT molecular complexity index is 720. The highest BCUT2D eigenvalue weighted by atomic mass is 16.1. The number of benzene rings is 1. The van der Waals surface area contributed by atoms with Crippen LogP contribution in [0.25, 0.3) is 11.0 Å². The Morgan fingerprint density at radius 2 is 1.78 bits per heavy atom. The van der Waals surface area contributed by atoms with E-state index in [0.29, 0.717) is 5.92 Å². The Labute approximate surface area is 136 Å². The number of imidazole rings is 1. The van der Waals surface area contributed by atoms with Gasteiger partial charge in [0.05, 0.1) is 17.1 Å². The number of hydrogen-bond donors (Lipinski definition) is 2. The average Bonchev–Trinajstić information content (AvgIpc) is 2.89. The largest absolute Gasteiger partial charge is 0.329 e. The van der Waals surface area contributed by atoms with Crippen molar-refractivity contribution in [2.45, 2.75) is 38.3 Å². The van der Waals surface area contributed by atoms with Gasteiger partial charge in [-0.3, -0.25) is 9.13 Å². The van der Waals surface area contributed by atoms with Gasteiger partial charge in [-0.25, -0.2) is 4.79 Å². The predicted octanol–water partition coefficient (Wildman–Crippen LogP) is 1.73. The van der Waals surface area contributed by atoms with E-state index in [-0.39, 0.29) is 11.7 Å². The SMILES string of the molecule is O=c1n(CC2CCNCC2)c2ccccc2n1C1CCCNC1. The first-order valence-electron chi connectivity index (χ1n) is 8.96. The number of aromatic nitrogens is 2. The van der Waals surface area contributed by atoms with E-state index in [4.69, 9.17) is 0 Å². The number of hydrogen-bond acceptors (Lipinski definition) is 3. The Balaban J connectivity index is 1.74. The van der Waals surface area contributed by atoms with E-state index < -0.39 is 0 Å². The second-order valence-corrected chi connectivity index (χ2v) is 6.95. The van der Waals surface area contributed by atoms with Crippen LogP contribution < -0.4 is 16.3 Å². The van der Waals surface area contributed by atoms with E-state index in [9.17, 15) is 4.79 Å². The summed E-state index contributed by atoms with van der Waals surface area (Å²) < 4.78 is 4.07. The highest BCUT2D eigenvalue weighted by Gasteiger charge is 2.23. The monoisotopic (exact) mass is 314 g/mol. The fourth-order valence-electron chi connectivity index (χ4n) is 4.14. The lowest BCUT2D eigenvalue weighted by Gasteiger charge is -2.24. The van der Waals surface area contributed by atoms with Crippen molar-refractivity contribution in [1.29, 1.82) is 0 Å². The minimum atomic E-state index is 0.179. The summed E-state index contributed by atoms with van der Waals surface area (Å²) in [5.41, 5.74) is 2.38. The van der Waals surface area contributed by atoms with Crippen LogP contribution in [0.4, 0.5) is 0 Å². The van der Waals surface area contributed by atoms with E-state index in [1.807, 2.05) is 21.3 Å². The number of fused-ring (bicyclic) bond motifs is 1. The van der Waals surface area contributed by atoms with Gasteiger partial charge in [-0.05, 0) is 63.4 Å². The molecule has 2 aliphatic heterocycles. The fourth-order valence-corrected chi connectivity index (χ4v) is 4.14. The predicted molar refractivity (Wildman–Crippen MR) is 92.9 cm³/mol. The van der Waals surface area contributed by atoms with Crippen LogP contribution in [0.1, 0.15) is 31.7 Å². The van der Waals surface area contributed by atoms with E-state index in [1.54, 1.807) is 0 Å². The van der Waals surface area contributed by atoms with Crippen LogP contribution in [0.2, 0.25) is 0 Å². The van der Waals surface area contributed by atoms with Crippen molar-refractivity contribution in [2.75, 3.05) is 26.2 Å². The summed E-state index contributed by atoms with van der Waals surface area (Å²) >= 11 is 0. The Morgan fingerprint density at radius 1 is 1.00 bits per heavy atom. The van der Waals surface area contributed by atoms with Gasteiger partial charge < -0.3 is 10.6 Å². The Morgan fingerprint density at radius 3 is 2.52 bits per heavy atom. The first-order valence-corrected chi connectivity index (χ1v) is 8.96. The van der Waals surface area contributed by atoms with Crippen LogP contribution >= 0.6 is 0 Å². The summed E-state index contributed by atoms with van der Waals surface area (Å²) in [6.45, 7) is 4.98. The van der Waals surface area contributed by atoms with Gasteiger partial charge in [0.25, 0.3) is 0 Å². The third kappa shape index (κ3) is 2.83. The maximum Gasteiger partial charge on any atom is 0.329 e. The molecule has 0 radical (unpaired) electrons. The molecule has 1 unspecified atom stereocenters. The first kappa shape index (κ1) is 15.0. The van der Waals surface area contributed by atoms with Crippen molar-refractivity contribution in [3.8, 4) is 0 Å². The van der Waals surface area contributed by atoms with E-state index in [0.717, 1.165) is 69.4 Å². The molecule has 2 aliphatic rings. The van der Waals surface area contributed by atoms with Gasteiger partial charge in [0.2, 0.25) is 0 Å². The Kier molecular flexibility index (Phi) is 4.23. The third-order valence-electron chi connectivity index (χ3n) is 5.40. The zero-order valence-corrected chi connectivity index (χ0v) is 13.6. The summed E-state index contributed by atoms with van der Waals surface area (Å²) in [7, 11) is 0.